The maximum atomic E-state index is 13.0. The minimum Gasteiger partial charge on any atom is -0.493 e. The Morgan fingerprint density at radius 1 is 0.971 bits per heavy atom. The second-order valence-corrected chi connectivity index (χ2v) is 11.0. The van der Waals surface area contributed by atoms with Crippen molar-refractivity contribution in [2.24, 2.45) is 0 Å². The van der Waals surface area contributed by atoms with Gasteiger partial charge < -0.3 is 9.47 Å². The van der Waals surface area contributed by atoms with Gasteiger partial charge in [0.1, 0.15) is 6.61 Å². The number of ether oxygens (including phenoxy) is 2. The third-order valence-corrected chi connectivity index (χ3v) is 7.81. The number of halogens is 4. The highest BCUT2D eigenvalue weighted by molar-refractivity contribution is 9.10. The lowest BCUT2D eigenvalue weighted by molar-refractivity contribution is -0.123. The zero-order valence-corrected chi connectivity index (χ0v) is 23.7. The predicted octanol–water partition coefficient (Wildman–Crippen LogP) is 8.34. The number of rotatable bonds is 7. The molecule has 1 aliphatic rings. The number of nitrogens with zero attached hydrogens (tertiary/aromatic N) is 1. The van der Waals surface area contributed by atoms with Gasteiger partial charge in [0.2, 0.25) is 0 Å². The van der Waals surface area contributed by atoms with Crippen molar-refractivity contribution in [2.75, 3.05) is 7.11 Å². The van der Waals surface area contributed by atoms with Crippen LogP contribution in [0.2, 0.25) is 10.0 Å². The molecule has 5 nitrogen and oxygen atoms in total. The summed E-state index contributed by atoms with van der Waals surface area (Å²) < 4.78 is 13.2. The molecule has 180 valence electrons. The normalized spacial score (nSPS) is 14.7. The van der Waals surface area contributed by atoms with Crippen molar-refractivity contribution in [3.05, 3.63) is 95.2 Å². The second-order valence-electron chi connectivity index (χ2n) is 7.47. The number of carbonyl (C=O) groups excluding carboxylic acids is 2. The number of thioether (sulfide) groups is 1. The van der Waals surface area contributed by atoms with E-state index in [1.165, 1.54) is 4.90 Å². The van der Waals surface area contributed by atoms with Crippen LogP contribution in [0.1, 0.15) is 16.7 Å². The zero-order chi connectivity index (χ0) is 25.1. The summed E-state index contributed by atoms with van der Waals surface area (Å²) in [7, 11) is 1.54. The molecule has 10 heteroatoms. The van der Waals surface area contributed by atoms with E-state index in [-0.39, 0.29) is 17.7 Å². The Balaban J connectivity index is 1.52. The first-order valence-corrected chi connectivity index (χ1v) is 13.3. The highest BCUT2D eigenvalue weighted by Crippen LogP contribution is 2.40. The Kier molecular flexibility index (Phi) is 8.50. The number of benzene rings is 3. The molecule has 0 saturated carbocycles. The van der Waals surface area contributed by atoms with E-state index in [0.29, 0.717) is 48.7 Å². The van der Waals surface area contributed by atoms with Crippen LogP contribution in [0.5, 0.6) is 11.5 Å². The van der Waals surface area contributed by atoms with Crippen LogP contribution < -0.4 is 9.47 Å². The number of carbonyl (C=O) groups is 2. The molecule has 0 bridgehead atoms. The van der Waals surface area contributed by atoms with Crippen LogP contribution in [0.4, 0.5) is 4.79 Å². The minimum absolute atomic E-state index is 0.106. The molecule has 0 aromatic heterocycles. The van der Waals surface area contributed by atoms with E-state index in [2.05, 4.69) is 31.9 Å². The smallest absolute Gasteiger partial charge is 0.293 e. The second kappa shape index (κ2) is 11.4. The van der Waals surface area contributed by atoms with Crippen molar-refractivity contribution >= 4 is 84.0 Å². The fourth-order valence-corrected chi connectivity index (χ4v) is 5.31. The summed E-state index contributed by atoms with van der Waals surface area (Å²) in [6.07, 6.45) is 1.66. The molecule has 1 heterocycles. The lowest BCUT2D eigenvalue weighted by atomic mass is 10.1. The third kappa shape index (κ3) is 6.24. The number of imide groups is 1. The fourth-order valence-electron chi connectivity index (χ4n) is 3.31. The minimum atomic E-state index is -0.378. The molecule has 35 heavy (non-hydrogen) atoms. The quantitative estimate of drug-likeness (QED) is 0.239. The number of hydrogen-bond acceptors (Lipinski definition) is 5. The van der Waals surface area contributed by atoms with Gasteiger partial charge in [0.15, 0.2) is 11.5 Å². The molecule has 2 amide bonds. The molecule has 0 unspecified atom stereocenters. The van der Waals surface area contributed by atoms with Crippen LogP contribution >= 0.6 is 66.8 Å². The average molecular weight is 658 g/mol. The van der Waals surface area contributed by atoms with Gasteiger partial charge in [0, 0.05) is 4.47 Å². The zero-order valence-electron chi connectivity index (χ0n) is 18.2. The van der Waals surface area contributed by atoms with Gasteiger partial charge in [-0.05, 0) is 86.9 Å². The molecule has 1 aliphatic heterocycles. The molecule has 1 saturated heterocycles. The van der Waals surface area contributed by atoms with E-state index in [0.717, 1.165) is 21.8 Å². The molecule has 1 fully saturated rings. The Morgan fingerprint density at radius 3 is 2.37 bits per heavy atom. The van der Waals surface area contributed by atoms with Gasteiger partial charge in [0.05, 0.1) is 33.1 Å². The van der Waals surface area contributed by atoms with E-state index in [4.69, 9.17) is 32.7 Å². The molecule has 3 aromatic rings. The van der Waals surface area contributed by atoms with Gasteiger partial charge >= 0.3 is 0 Å². The van der Waals surface area contributed by atoms with Crippen LogP contribution in [0.3, 0.4) is 0 Å². The maximum absolute atomic E-state index is 13.0. The molecule has 0 spiro atoms. The first-order valence-electron chi connectivity index (χ1n) is 10.2. The Labute approximate surface area is 233 Å². The van der Waals surface area contributed by atoms with E-state index >= 15 is 0 Å². The summed E-state index contributed by atoms with van der Waals surface area (Å²) in [5.74, 6) is 0.662. The van der Waals surface area contributed by atoms with Crippen LogP contribution in [-0.2, 0) is 17.9 Å². The van der Waals surface area contributed by atoms with Crippen LogP contribution in [0.25, 0.3) is 6.08 Å². The lowest BCUT2D eigenvalue weighted by Crippen LogP contribution is -2.27. The first kappa shape index (κ1) is 26.1. The largest absolute Gasteiger partial charge is 0.493 e. The summed E-state index contributed by atoms with van der Waals surface area (Å²) >= 11 is 19.9. The van der Waals surface area contributed by atoms with Gasteiger partial charge in [-0.1, -0.05) is 57.3 Å². The molecule has 0 radical (unpaired) electrons. The summed E-state index contributed by atoms with van der Waals surface area (Å²) in [5.41, 5.74) is 2.39. The van der Waals surface area contributed by atoms with E-state index < -0.39 is 0 Å². The SMILES string of the molecule is COc1cc(/C=C2/SC(=O)N(Cc3ccc(Cl)c(Cl)c3)C2=O)cc(Br)c1OCc1ccc(Br)cc1. The molecule has 0 atom stereocenters. The van der Waals surface area contributed by atoms with E-state index in [1.807, 2.05) is 30.3 Å². The number of amides is 2. The third-order valence-electron chi connectivity index (χ3n) is 5.04. The maximum Gasteiger partial charge on any atom is 0.293 e. The summed E-state index contributed by atoms with van der Waals surface area (Å²) in [6, 6.07) is 16.4. The van der Waals surface area contributed by atoms with Crippen molar-refractivity contribution < 1.29 is 19.1 Å². The molecule has 0 aliphatic carbocycles. The highest BCUT2D eigenvalue weighted by Gasteiger charge is 2.35. The van der Waals surface area contributed by atoms with E-state index in [1.54, 1.807) is 37.5 Å². The molecular formula is C25H17Br2Cl2NO4S. The molecular weight excluding hydrogens is 641 g/mol. The van der Waals surface area contributed by atoms with Crippen LogP contribution in [0, 0.1) is 0 Å². The Bertz CT molecular complexity index is 1330. The molecule has 4 rings (SSSR count). The topological polar surface area (TPSA) is 55.8 Å². The average Bonchev–Trinajstić information content (AvgIpc) is 3.08. The summed E-state index contributed by atoms with van der Waals surface area (Å²) in [6.45, 7) is 0.462. The summed E-state index contributed by atoms with van der Waals surface area (Å²) in [5, 5.41) is 0.423. The summed E-state index contributed by atoms with van der Waals surface area (Å²) in [4.78, 5) is 27.0. The van der Waals surface area contributed by atoms with Gasteiger partial charge in [-0.15, -0.1) is 0 Å². The monoisotopic (exact) mass is 655 g/mol. The fraction of sp³-hybridized carbons (Fsp3) is 0.120. The van der Waals surface area contributed by atoms with Crippen molar-refractivity contribution in [3.8, 4) is 11.5 Å². The standard InChI is InChI=1S/C25H17Br2Cl2NO4S/c1-33-21-10-16(8-18(27)23(21)34-13-14-2-5-17(26)6-3-14)11-22-24(31)30(25(32)35-22)12-15-4-7-19(28)20(29)9-15/h2-11H,12-13H2,1H3/b22-11+. The number of methoxy groups -OCH3 is 1. The molecule has 0 N–H and O–H groups in total. The van der Waals surface area contributed by atoms with Crippen LogP contribution in [0.15, 0.2) is 68.4 Å². The molecule has 3 aromatic carbocycles. The predicted molar refractivity (Wildman–Crippen MR) is 147 cm³/mol. The van der Waals surface area contributed by atoms with E-state index in [9.17, 15) is 9.59 Å². The Morgan fingerprint density at radius 2 is 1.69 bits per heavy atom. The van der Waals surface area contributed by atoms with Crippen molar-refractivity contribution in [1.82, 2.24) is 4.90 Å². The van der Waals surface area contributed by atoms with Crippen molar-refractivity contribution in [3.63, 3.8) is 0 Å². The Hall–Kier alpha value is -1.97. The highest BCUT2D eigenvalue weighted by atomic mass is 79.9. The van der Waals surface area contributed by atoms with Crippen molar-refractivity contribution in [2.45, 2.75) is 13.2 Å². The van der Waals surface area contributed by atoms with Gasteiger partial charge in [-0.3, -0.25) is 14.5 Å². The van der Waals surface area contributed by atoms with Crippen molar-refractivity contribution in [1.29, 1.82) is 0 Å². The van der Waals surface area contributed by atoms with Gasteiger partial charge in [-0.25, -0.2) is 0 Å². The van der Waals surface area contributed by atoms with Gasteiger partial charge in [0.25, 0.3) is 11.1 Å². The number of hydrogen-bond donors (Lipinski definition) is 0. The lowest BCUT2D eigenvalue weighted by Gasteiger charge is -2.14. The van der Waals surface area contributed by atoms with Crippen LogP contribution in [-0.4, -0.2) is 23.2 Å². The van der Waals surface area contributed by atoms with Gasteiger partial charge in [-0.2, -0.15) is 0 Å². The first-order chi connectivity index (χ1) is 16.7.